The summed E-state index contributed by atoms with van der Waals surface area (Å²) in [6.45, 7) is 24.5. The minimum absolute atomic E-state index is 0.874. The Hall–Kier alpha value is 0. The van der Waals surface area contributed by atoms with Crippen LogP contribution in [0.4, 0.5) is 0 Å². The predicted molar refractivity (Wildman–Crippen MR) is 195 cm³/mol. The van der Waals surface area contributed by atoms with E-state index in [1.165, 1.54) is 154 Å². The Morgan fingerprint density at radius 1 is 0.310 bits per heavy atom. The van der Waals surface area contributed by atoms with E-state index in [0.717, 1.165) is 47.3 Å². The summed E-state index contributed by atoms with van der Waals surface area (Å²) >= 11 is 0. The van der Waals surface area contributed by atoms with Crippen molar-refractivity contribution >= 4 is 0 Å². The molecule has 0 rings (SSSR count). The van der Waals surface area contributed by atoms with Gasteiger partial charge in [0.15, 0.2) is 0 Å². The molecular formula is C42H86. The fourth-order valence-corrected chi connectivity index (χ4v) is 7.45. The molecule has 0 aliphatic carbocycles. The Labute approximate surface area is 270 Å². The van der Waals surface area contributed by atoms with E-state index in [2.05, 4.69) is 69.2 Å². The van der Waals surface area contributed by atoms with Crippen LogP contribution in [0.15, 0.2) is 0 Å². The van der Waals surface area contributed by atoms with Crippen LogP contribution in [0.2, 0.25) is 0 Å². The fraction of sp³-hybridized carbons (Fsp3) is 1.00. The Kier molecular flexibility index (Phi) is 28.5. The van der Waals surface area contributed by atoms with Crippen LogP contribution in [0, 0.1) is 47.3 Å². The van der Waals surface area contributed by atoms with Crippen LogP contribution in [0.3, 0.4) is 0 Å². The number of rotatable bonds is 31. The highest BCUT2D eigenvalue weighted by Crippen LogP contribution is 2.28. The molecule has 0 aromatic carbocycles. The first-order valence-electron chi connectivity index (χ1n) is 20.1. The average molecular weight is 591 g/mol. The van der Waals surface area contributed by atoms with Gasteiger partial charge in [0.05, 0.1) is 0 Å². The van der Waals surface area contributed by atoms with Crippen molar-refractivity contribution in [1.82, 2.24) is 0 Å². The molecule has 0 bridgehead atoms. The molecule has 0 amide bonds. The van der Waals surface area contributed by atoms with E-state index < -0.39 is 0 Å². The van der Waals surface area contributed by atoms with E-state index in [1.54, 1.807) is 0 Å². The highest BCUT2D eigenvalue weighted by atomic mass is 14.2. The van der Waals surface area contributed by atoms with Crippen molar-refractivity contribution in [2.45, 2.75) is 223 Å². The molecule has 7 unspecified atom stereocenters. The molecule has 0 aliphatic rings. The van der Waals surface area contributed by atoms with Gasteiger partial charge in [-0.3, -0.25) is 0 Å². The van der Waals surface area contributed by atoms with E-state index in [4.69, 9.17) is 0 Å². The van der Waals surface area contributed by atoms with Gasteiger partial charge in [-0.05, 0) is 53.8 Å². The van der Waals surface area contributed by atoms with Gasteiger partial charge in [0.1, 0.15) is 0 Å². The lowest BCUT2D eigenvalue weighted by Crippen LogP contribution is -2.08. The first-order chi connectivity index (χ1) is 20.1. The van der Waals surface area contributed by atoms with Crippen molar-refractivity contribution in [3.63, 3.8) is 0 Å². The maximum atomic E-state index is 2.54. The lowest BCUT2D eigenvalue weighted by molar-refractivity contribution is 0.308. The zero-order chi connectivity index (χ0) is 31.6. The van der Waals surface area contributed by atoms with Crippen molar-refractivity contribution < 1.29 is 0 Å². The highest BCUT2D eigenvalue weighted by Gasteiger charge is 2.14. The molecule has 0 nitrogen and oxygen atoms in total. The van der Waals surface area contributed by atoms with E-state index >= 15 is 0 Å². The Morgan fingerprint density at radius 3 is 1.05 bits per heavy atom. The number of hydrogen-bond acceptors (Lipinski definition) is 0. The van der Waals surface area contributed by atoms with Gasteiger partial charge in [0, 0.05) is 0 Å². The number of unbranched alkanes of at least 4 members (excludes halogenated alkanes) is 3. The van der Waals surface area contributed by atoms with E-state index in [1.807, 2.05) is 0 Å². The van der Waals surface area contributed by atoms with Crippen LogP contribution in [-0.4, -0.2) is 0 Å². The average Bonchev–Trinajstić information content (AvgIpc) is 2.93. The van der Waals surface area contributed by atoms with Crippen molar-refractivity contribution in [3.8, 4) is 0 Å². The summed E-state index contributed by atoms with van der Waals surface area (Å²) in [6, 6.07) is 0. The summed E-state index contributed by atoms with van der Waals surface area (Å²) < 4.78 is 0. The summed E-state index contributed by atoms with van der Waals surface area (Å²) in [5.41, 5.74) is 0. The SMILES string of the molecule is CCCCCC(C)CCCC(C)CCC(C)CC(CC)CCCCC(C)CCCC(C)CCCC(C)CCCC(C)C. The number of hydrogen-bond donors (Lipinski definition) is 0. The van der Waals surface area contributed by atoms with Gasteiger partial charge in [-0.25, -0.2) is 0 Å². The van der Waals surface area contributed by atoms with Gasteiger partial charge in [0.2, 0.25) is 0 Å². The molecular weight excluding hydrogens is 504 g/mol. The molecule has 42 heavy (non-hydrogen) atoms. The normalized spacial score (nSPS) is 17.2. The largest absolute Gasteiger partial charge is 0.0654 e. The van der Waals surface area contributed by atoms with Gasteiger partial charge in [-0.1, -0.05) is 217 Å². The highest BCUT2D eigenvalue weighted by molar-refractivity contribution is 4.67. The maximum Gasteiger partial charge on any atom is -0.0414 e. The monoisotopic (exact) mass is 591 g/mol. The predicted octanol–water partition coefficient (Wildman–Crippen LogP) is 15.5. The molecule has 7 atom stereocenters. The summed E-state index contributed by atoms with van der Waals surface area (Å²) in [4.78, 5) is 0. The topological polar surface area (TPSA) is 0 Å². The molecule has 0 fully saturated rings. The Bertz CT molecular complexity index is 534. The molecule has 0 saturated heterocycles. The minimum atomic E-state index is 0.874. The summed E-state index contributed by atoms with van der Waals surface area (Å²) in [7, 11) is 0. The van der Waals surface area contributed by atoms with Gasteiger partial charge < -0.3 is 0 Å². The van der Waals surface area contributed by atoms with Crippen molar-refractivity contribution in [2.75, 3.05) is 0 Å². The second kappa shape index (κ2) is 28.5. The molecule has 0 aromatic heterocycles. The van der Waals surface area contributed by atoms with Crippen LogP contribution < -0.4 is 0 Å². The lowest BCUT2D eigenvalue weighted by Gasteiger charge is -2.22. The Balaban J connectivity index is 3.84. The second-order valence-electron chi connectivity index (χ2n) is 16.6. The molecule has 0 N–H and O–H groups in total. The third-order valence-corrected chi connectivity index (χ3v) is 11.0. The molecule has 254 valence electrons. The maximum absolute atomic E-state index is 2.54. The molecule has 0 aliphatic heterocycles. The molecule has 0 radical (unpaired) electrons. The molecule has 0 heteroatoms. The van der Waals surface area contributed by atoms with Crippen LogP contribution in [0.25, 0.3) is 0 Å². The van der Waals surface area contributed by atoms with Gasteiger partial charge >= 0.3 is 0 Å². The van der Waals surface area contributed by atoms with Crippen LogP contribution >= 0.6 is 0 Å². The molecule has 0 heterocycles. The van der Waals surface area contributed by atoms with Crippen LogP contribution in [0.5, 0.6) is 0 Å². The smallest absolute Gasteiger partial charge is 0.0414 e. The first kappa shape index (κ1) is 42.0. The second-order valence-corrected chi connectivity index (χ2v) is 16.6. The van der Waals surface area contributed by atoms with Gasteiger partial charge in [-0.2, -0.15) is 0 Å². The summed E-state index contributed by atoms with van der Waals surface area (Å²) in [5, 5.41) is 0. The lowest BCUT2D eigenvalue weighted by atomic mass is 9.84. The van der Waals surface area contributed by atoms with Crippen LogP contribution in [0.1, 0.15) is 223 Å². The Morgan fingerprint density at radius 2 is 0.643 bits per heavy atom. The van der Waals surface area contributed by atoms with Crippen LogP contribution in [-0.2, 0) is 0 Å². The van der Waals surface area contributed by atoms with Crippen molar-refractivity contribution in [1.29, 1.82) is 0 Å². The third kappa shape index (κ3) is 27.5. The van der Waals surface area contributed by atoms with E-state index in [9.17, 15) is 0 Å². The standard InChI is InChI=1S/C42H86/c1-11-13-14-22-36(5)26-20-30-40(9)32-33-41(10)34-42(12-2)31-16-15-23-37(6)25-18-28-39(8)29-19-27-38(7)24-17-21-35(3)4/h35-42H,11-34H2,1-10H3. The van der Waals surface area contributed by atoms with Crippen molar-refractivity contribution in [2.24, 2.45) is 47.3 Å². The minimum Gasteiger partial charge on any atom is -0.0654 e. The zero-order valence-electron chi connectivity index (χ0n) is 31.6. The van der Waals surface area contributed by atoms with Crippen molar-refractivity contribution in [3.05, 3.63) is 0 Å². The summed E-state index contributed by atoms with van der Waals surface area (Å²) in [6.07, 6.45) is 34.7. The van der Waals surface area contributed by atoms with E-state index in [-0.39, 0.29) is 0 Å². The fourth-order valence-electron chi connectivity index (χ4n) is 7.45. The molecule has 0 saturated carbocycles. The van der Waals surface area contributed by atoms with E-state index in [0.29, 0.717) is 0 Å². The quantitative estimate of drug-likeness (QED) is 0.0704. The zero-order valence-corrected chi connectivity index (χ0v) is 31.6. The molecule has 0 spiro atoms. The van der Waals surface area contributed by atoms with Gasteiger partial charge in [0.25, 0.3) is 0 Å². The summed E-state index contributed by atoms with van der Waals surface area (Å²) in [5.74, 6) is 7.42. The third-order valence-electron chi connectivity index (χ3n) is 11.0. The van der Waals surface area contributed by atoms with Gasteiger partial charge in [-0.15, -0.1) is 0 Å². The molecule has 0 aromatic rings. The first-order valence-corrected chi connectivity index (χ1v) is 20.1.